The number of amides is 3. The van der Waals surface area contributed by atoms with Crippen LogP contribution in [-0.4, -0.2) is 72.6 Å². The van der Waals surface area contributed by atoms with E-state index >= 15 is 0 Å². The van der Waals surface area contributed by atoms with Gasteiger partial charge in [0.1, 0.15) is 12.1 Å². The molecule has 0 aromatic rings. The van der Waals surface area contributed by atoms with Crippen molar-refractivity contribution in [2.45, 2.75) is 37.9 Å². The maximum absolute atomic E-state index is 12.5. The zero-order chi connectivity index (χ0) is 17.5. The predicted octanol–water partition coefficient (Wildman–Crippen LogP) is -1.32. The Labute approximate surface area is 139 Å². The van der Waals surface area contributed by atoms with Crippen molar-refractivity contribution in [1.29, 1.82) is 0 Å². The highest BCUT2D eigenvalue weighted by atomic mass is 32.3. The van der Waals surface area contributed by atoms with Crippen molar-refractivity contribution in [3.8, 4) is 0 Å². The monoisotopic (exact) mass is 359 g/mol. The maximum Gasteiger partial charge on any atom is 0.346 e. The molecular weight excluding hydrogens is 340 g/mol. The summed E-state index contributed by atoms with van der Waals surface area (Å²) in [5.41, 5.74) is 0.603. The minimum Gasteiger partial charge on any atom is -0.724 e. The van der Waals surface area contributed by atoms with Crippen LogP contribution in [0.15, 0.2) is 11.6 Å². The van der Waals surface area contributed by atoms with Crippen molar-refractivity contribution in [2.24, 2.45) is 0 Å². The molecule has 2 bridgehead atoms. The summed E-state index contributed by atoms with van der Waals surface area (Å²) in [5.74, 6) is -0.320. The quantitative estimate of drug-likeness (QED) is 0.362. The summed E-state index contributed by atoms with van der Waals surface area (Å²) in [7, 11) is -5.07. The number of hydroxylamine groups is 2. The van der Waals surface area contributed by atoms with Crippen LogP contribution in [0.3, 0.4) is 0 Å². The van der Waals surface area contributed by atoms with E-state index in [4.69, 9.17) is 0 Å². The molecule has 3 rings (SSSR count). The van der Waals surface area contributed by atoms with Crippen LogP contribution in [-0.2, 0) is 19.5 Å². The molecule has 0 saturated carbocycles. The largest absolute Gasteiger partial charge is 0.724 e. The first kappa shape index (κ1) is 17.1. The van der Waals surface area contributed by atoms with Crippen molar-refractivity contribution in [1.82, 2.24) is 20.6 Å². The first-order valence-electron chi connectivity index (χ1n) is 7.71. The van der Waals surface area contributed by atoms with Gasteiger partial charge in [0.25, 0.3) is 0 Å². The average Bonchev–Trinajstić information content (AvgIpc) is 2.77. The number of urea groups is 1. The number of rotatable bonds is 4. The second-order valence-electron chi connectivity index (χ2n) is 6.15. The number of nitrogens with zero attached hydrogens (tertiary/aromatic N) is 2. The summed E-state index contributed by atoms with van der Waals surface area (Å²) >= 11 is 0. The minimum atomic E-state index is -5.07. The normalized spacial score (nSPS) is 28.1. The molecule has 0 aliphatic carbocycles. The maximum atomic E-state index is 12.5. The molecule has 0 radical (unpaired) electrons. The van der Waals surface area contributed by atoms with E-state index in [0.29, 0.717) is 10.6 Å². The first-order valence-corrected chi connectivity index (χ1v) is 9.04. The fraction of sp³-hybridized carbons (Fsp3) is 0.692. The van der Waals surface area contributed by atoms with Crippen LogP contribution in [0.4, 0.5) is 4.79 Å². The molecule has 2 N–H and O–H groups in total. The van der Waals surface area contributed by atoms with Gasteiger partial charge in [-0.3, -0.25) is 4.79 Å². The Morgan fingerprint density at radius 3 is 2.71 bits per heavy atom. The minimum absolute atomic E-state index is 0.0391. The molecule has 2 fully saturated rings. The molecule has 0 aromatic carbocycles. The van der Waals surface area contributed by atoms with Crippen LogP contribution in [0.2, 0.25) is 0 Å². The number of hydrogen-bond acceptors (Lipinski definition) is 7. The number of piperidine rings is 1. The molecule has 134 valence electrons. The molecule has 3 amide bonds. The van der Waals surface area contributed by atoms with Gasteiger partial charge in [-0.2, -0.15) is 9.35 Å². The molecule has 2 atom stereocenters. The van der Waals surface area contributed by atoms with Gasteiger partial charge in [0.2, 0.25) is 16.3 Å². The van der Waals surface area contributed by atoms with Gasteiger partial charge in [-0.25, -0.2) is 13.2 Å². The van der Waals surface area contributed by atoms with Gasteiger partial charge in [-0.1, -0.05) is 6.08 Å². The van der Waals surface area contributed by atoms with Gasteiger partial charge >= 0.3 is 6.03 Å². The van der Waals surface area contributed by atoms with E-state index in [2.05, 4.69) is 14.9 Å². The Kier molecular flexibility index (Phi) is 4.51. The lowest BCUT2D eigenvalue weighted by atomic mass is 10.00. The molecular formula is C13H19N4O6S-. The Balaban J connectivity index is 1.74. The van der Waals surface area contributed by atoms with E-state index in [1.165, 1.54) is 4.90 Å². The molecule has 3 aliphatic rings. The SMILES string of the molecule is CC1=C[C@@H](C(=O)NC2CCNCC2)N2C[C@@H]1N(OS(=O)(=O)[O-])C2=O. The Hall–Kier alpha value is -1.69. The Morgan fingerprint density at radius 1 is 1.42 bits per heavy atom. The number of hydrogen-bond donors (Lipinski definition) is 2. The first-order chi connectivity index (χ1) is 11.3. The van der Waals surface area contributed by atoms with Crippen LogP contribution in [0, 0.1) is 0 Å². The zero-order valence-electron chi connectivity index (χ0n) is 13.1. The Morgan fingerprint density at radius 2 is 2.08 bits per heavy atom. The second-order valence-corrected chi connectivity index (χ2v) is 7.11. The highest BCUT2D eigenvalue weighted by Gasteiger charge is 2.48. The van der Waals surface area contributed by atoms with Crippen molar-refractivity contribution in [3.63, 3.8) is 0 Å². The van der Waals surface area contributed by atoms with Crippen LogP contribution >= 0.6 is 0 Å². The standard InChI is InChI=1S/C13H20N4O6S/c1-8-6-10(12(18)15-9-2-4-14-5-3-9)16-7-11(8)17(13(16)19)23-24(20,21)22/h6,9-11,14H,2-5,7H2,1H3,(H,15,18)(H,20,21,22)/p-1/t10-,11-/m0/s1. The number of carbonyl (C=O) groups is 2. The van der Waals surface area contributed by atoms with Gasteiger partial charge in [0.05, 0.1) is 6.54 Å². The van der Waals surface area contributed by atoms with E-state index in [0.717, 1.165) is 25.9 Å². The molecule has 0 spiro atoms. The third-order valence-electron chi connectivity index (χ3n) is 4.49. The van der Waals surface area contributed by atoms with E-state index < -0.39 is 28.5 Å². The average molecular weight is 359 g/mol. The zero-order valence-corrected chi connectivity index (χ0v) is 13.9. The van der Waals surface area contributed by atoms with Crippen molar-refractivity contribution in [3.05, 3.63) is 11.6 Å². The Bertz CT molecular complexity index is 672. The molecule has 3 aliphatic heterocycles. The van der Waals surface area contributed by atoms with Crippen molar-refractivity contribution >= 4 is 22.3 Å². The van der Waals surface area contributed by atoms with Gasteiger partial charge < -0.3 is 20.1 Å². The van der Waals surface area contributed by atoms with Crippen LogP contribution in [0.25, 0.3) is 0 Å². The van der Waals surface area contributed by atoms with Crippen molar-refractivity contribution < 1.29 is 26.8 Å². The molecule has 11 heteroatoms. The molecule has 2 saturated heterocycles. The van der Waals surface area contributed by atoms with E-state index in [1.807, 2.05) is 0 Å². The lowest BCUT2D eigenvalue weighted by Crippen LogP contribution is -2.52. The van der Waals surface area contributed by atoms with E-state index in [9.17, 15) is 22.6 Å². The predicted molar refractivity (Wildman–Crippen MR) is 80.1 cm³/mol. The van der Waals surface area contributed by atoms with Crippen LogP contribution < -0.4 is 10.6 Å². The third kappa shape index (κ3) is 3.38. The molecule has 3 heterocycles. The molecule has 0 aromatic heterocycles. The summed E-state index contributed by atoms with van der Waals surface area (Å²) < 4.78 is 36.7. The molecule has 0 unspecified atom stereocenters. The van der Waals surface area contributed by atoms with Gasteiger partial charge in [0.15, 0.2) is 0 Å². The number of nitrogens with one attached hydrogen (secondary N) is 2. The van der Waals surface area contributed by atoms with E-state index in [1.54, 1.807) is 13.0 Å². The summed E-state index contributed by atoms with van der Waals surface area (Å²) in [5, 5.41) is 6.65. The summed E-state index contributed by atoms with van der Waals surface area (Å²) in [6, 6.07) is -2.30. The topological polar surface area (TPSA) is 131 Å². The molecule has 24 heavy (non-hydrogen) atoms. The smallest absolute Gasteiger partial charge is 0.346 e. The lowest BCUT2D eigenvalue weighted by molar-refractivity contribution is -0.124. The third-order valence-corrected chi connectivity index (χ3v) is 4.84. The summed E-state index contributed by atoms with van der Waals surface area (Å²) in [6.07, 6.45) is 3.21. The molecule has 10 nitrogen and oxygen atoms in total. The summed E-state index contributed by atoms with van der Waals surface area (Å²) in [6.45, 7) is 3.40. The lowest BCUT2D eigenvalue weighted by Gasteiger charge is -2.30. The highest BCUT2D eigenvalue weighted by molar-refractivity contribution is 7.80. The van der Waals surface area contributed by atoms with Gasteiger partial charge in [-0.05, 0) is 38.4 Å². The fourth-order valence-electron chi connectivity index (χ4n) is 3.26. The summed E-state index contributed by atoms with van der Waals surface area (Å²) in [4.78, 5) is 26.1. The number of fused-ring (bicyclic) bond motifs is 2. The fourth-order valence-corrected chi connectivity index (χ4v) is 3.63. The van der Waals surface area contributed by atoms with Gasteiger partial charge in [-0.15, -0.1) is 0 Å². The van der Waals surface area contributed by atoms with E-state index in [-0.39, 0.29) is 18.5 Å². The number of carbonyl (C=O) groups excluding carboxylic acids is 2. The van der Waals surface area contributed by atoms with Gasteiger partial charge in [0, 0.05) is 6.04 Å². The van der Waals surface area contributed by atoms with Crippen LogP contribution in [0.1, 0.15) is 19.8 Å². The van der Waals surface area contributed by atoms with Crippen molar-refractivity contribution in [2.75, 3.05) is 19.6 Å². The van der Waals surface area contributed by atoms with Crippen LogP contribution in [0.5, 0.6) is 0 Å². The second kappa shape index (κ2) is 6.31. The highest BCUT2D eigenvalue weighted by Crippen LogP contribution is 2.30.